The minimum absolute atomic E-state index is 1.90. The summed E-state index contributed by atoms with van der Waals surface area (Å²) in [7, 11) is -14.0. The van der Waals surface area contributed by atoms with E-state index in [2.05, 4.69) is 0 Å². The summed E-state index contributed by atoms with van der Waals surface area (Å²) < 4.78 is 114. The van der Waals surface area contributed by atoms with Gasteiger partial charge in [0, 0.05) is 0 Å². The predicted molar refractivity (Wildman–Crippen MR) is 36.0 cm³/mol. The molecule has 6 nitrogen and oxygen atoms in total. The highest BCUT2D eigenvalue weighted by Gasteiger charge is 2.74. The molecule has 0 spiro atoms. The first kappa shape index (κ1) is 16.1. The van der Waals surface area contributed by atoms with Crippen LogP contribution in [0.15, 0.2) is 0 Å². The van der Waals surface area contributed by atoms with Gasteiger partial charge in [0.05, 0.1) is 0 Å². The molecule has 14 heteroatoms. The standard InChI is InChI=1S/C3F6O6S2/c4-1(10)2(5,16(8,11)12)3(6,7)15-17(9,13)14. The molecule has 0 aliphatic rings. The molecule has 0 aromatic carbocycles. The molecule has 0 radical (unpaired) electrons. The molecule has 0 N–H and O–H groups in total. The molecule has 0 aliphatic heterocycles. The fraction of sp³-hybridized carbons (Fsp3) is 0.667. The van der Waals surface area contributed by atoms with Crippen molar-refractivity contribution in [1.82, 2.24) is 0 Å². The Morgan fingerprint density at radius 2 is 1.35 bits per heavy atom. The third-order valence-corrected chi connectivity index (χ3v) is 2.65. The van der Waals surface area contributed by atoms with Crippen LogP contribution in [0.1, 0.15) is 0 Å². The smallest absolute Gasteiger partial charge is 0.256 e. The van der Waals surface area contributed by atoms with Gasteiger partial charge in [-0.25, -0.2) is 4.39 Å². The zero-order valence-corrected chi connectivity index (χ0v) is 8.67. The number of carbonyl (C=O) groups excluding carboxylic acids is 1. The molecular weight excluding hydrogens is 310 g/mol. The topological polar surface area (TPSA) is 94.6 Å². The Balaban J connectivity index is 5.92. The van der Waals surface area contributed by atoms with E-state index >= 15 is 0 Å². The fourth-order valence-corrected chi connectivity index (χ4v) is 1.47. The van der Waals surface area contributed by atoms with Crippen molar-refractivity contribution < 1.29 is 51.1 Å². The van der Waals surface area contributed by atoms with Crippen LogP contribution in [0.5, 0.6) is 0 Å². The summed E-state index contributed by atoms with van der Waals surface area (Å²) in [5.74, 6) is 0. The van der Waals surface area contributed by atoms with E-state index in [9.17, 15) is 47.0 Å². The van der Waals surface area contributed by atoms with Crippen molar-refractivity contribution in [3.05, 3.63) is 0 Å². The zero-order chi connectivity index (χ0) is 14.3. The Hall–Kier alpha value is -0.890. The van der Waals surface area contributed by atoms with E-state index in [4.69, 9.17) is 0 Å². The zero-order valence-electron chi connectivity index (χ0n) is 7.03. The van der Waals surface area contributed by atoms with E-state index in [0.29, 0.717) is 0 Å². The van der Waals surface area contributed by atoms with Crippen molar-refractivity contribution in [2.45, 2.75) is 11.1 Å². The quantitative estimate of drug-likeness (QED) is 0.534. The first-order chi connectivity index (χ1) is 7.15. The van der Waals surface area contributed by atoms with Crippen LogP contribution in [0.25, 0.3) is 0 Å². The van der Waals surface area contributed by atoms with Crippen molar-refractivity contribution in [2.24, 2.45) is 0 Å². The second kappa shape index (κ2) is 4.09. The summed E-state index contributed by atoms with van der Waals surface area (Å²) in [4.78, 5) is 9.71. The molecule has 1 atom stereocenters. The Kier molecular flexibility index (Phi) is 3.88. The molecule has 0 aliphatic carbocycles. The van der Waals surface area contributed by atoms with Gasteiger partial charge < -0.3 is 0 Å². The van der Waals surface area contributed by atoms with Crippen molar-refractivity contribution >= 4 is 26.8 Å². The molecule has 0 amide bonds. The number of rotatable bonds is 5. The molecule has 0 bridgehead atoms. The average molecular weight is 310 g/mol. The lowest BCUT2D eigenvalue weighted by molar-refractivity contribution is -0.234. The minimum Gasteiger partial charge on any atom is -0.256 e. The summed E-state index contributed by atoms with van der Waals surface area (Å²) in [6.45, 7) is 0. The summed E-state index contributed by atoms with van der Waals surface area (Å²) in [6, 6.07) is -4.13. The predicted octanol–water partition coefficient (Wildman–Crippen LogP) is 0.271. The van der Waals surface area contributed by atoms with Gasteiger partial charge in [0.15, 0.2) is 0 Å². The van der Waals surface area contributed by atoms with Crippen LogP contribution in [0.3, 0.4) is 0 Å². The number of alkyl halides is 3. The van der Waals surface area contributed by atoms with Gasteiger partial charge in [-0.05, 0) is 0 Å². The van der Waals surface area contributed by atoms with Gasteiger partial charge in [-0.1, -0.05) is 3.89 Å². The molecule has 102 valence electrons. The largest absolute Gasteiger partial charge is 0.442 e. The van der Waals surface area contributed by atoms with Crippen LogP contribution in [0.2, 0.25) is 0 Å². The van der Waals surface area contributed by atoms with Crippen molar-refractivity contribution in [2.75, 3.05) is 0 Å². The van der Waals surface area contributed by atoms with E-state index in [1.54, 1.807) is 0 Å². The number of carbonyl (C=O) groups is 1. The van der Waals surface area contributed by atoms with E-state index in [1.807, 2.05) is 4.18 Å². The fourth-order valence-electron chi connectivity index (χ4n) is 0.531. The van der Waals surface area contributed by atoms with Gasteiger partial charge in [-0.2, -0.15) is 34.2 Å². The number of hydrogen-bond donors (Lipinski definition) is 0. The minimum atomic E-state index is -7.29. The molecule has 0 heterocycles. The van der Waals surface area contributed by atoms with Gasteiger partial charge in [0.25, 0.3) is 0 Å². The molecule has 0 aromatic heterocycles. The molecule has 1 unspecified atom stereocenters. The van der Waals surface area contributed by atoms with E-state index in [0.717, 1.165) is 0 Å². The van der Waals surface area contributed by atoms with Crippen molar-refractivity contribution in [1.29, 1.82) is 0 Å². The monoisotopic (exact) mass is 310 g/mol. The number of halogens is 6. The Labute approximate surface area is 89.8 Å². The summed E-state index contributed by atoms with van der Waals surface area (Å²) in [6.07, 6.45) is -6.47. The molecular formula is C3F6O6S2. The van der Waals surface area contributed by atoms with Gasteiger partial charge in [0.2, 0.25) is 0 Å². The third kappa shape index (κ3) is 3.06. The van der Waals surface area contributed by atoms with Gasteiger partial charge >= 0.3 is 37.9 Å². The maximum absolute atomic E-state index is 12.7. The van der Waals surface area contributed by atoms with Gasteiger partial charge in [-0.15, -0.1) is 3.89 Å². The normalized spacial score (nSPS) is 17.5. The third-order valence-electron chi connectivity index (χ3n) is 1.17. The maximum Gasteiger partial charge on any atom is 0.442 e. The van der Waals surface area contributed by atoms with Crippen molar-refractivity contribution in [3.8, 4) is 0 Å². The molecule has 0 saturated carbocycles. The lowest BCUT2D eigenvalue weighted by atomic mass is 10.4. The Bertz CT molecular complexity index is 522. The molecule has 0 rings (SSSR count). The lowest BCUT2D eigenvalue weighted by Crippen LogP contribution is -2.55. The molecule has 17 heavy (non-hydrogen) atoms. The maximum atomic E-state index is 12.7. The Morgan fingerprint density at radius 1 is 1.00 bits per heavy atom. The van der Waals surface area contributed by atoms with E-state index < -0.39 is 37.9 Å². The first-order valence-corrected chi connectivity index (χ1v) is 5.70. The highest BCUT2D eigenvalue weighted by molar-refractivity contribution is 7.88. The van der Waals surface area contributed by atoms with Gasteiger partial charge in [-0.3, -0.25) is 4.79 Å². The first-order valence-electron chi connectivity index (χ1n) is 3.01. The summed E-state index contributed by atoms with van der Waals surface area (Å²) >= 11 is 0. The lowest BCUT2D eigenvalue weighted by Gasteiger charge is -2.22. The number of hydrogen-bond acceptors (Lipinski definition) is 6. The van der Waals surface area contributed by atoms with Crippen LogP contribution in [-0.4, -0.2) is 34.0 Å². The van der Waals surface area contributed by atoms with E-state index in [-0.39, 0.29) is 0 Å². The second-order valence-corrected chi connectivity index (χ2v) is 4.69. The highest BCUT2D eigenvalue weighted by atomic mass is 32.3. The highest BCUT2D eigenvalue weighted by Crippen LogP contribution is 2.41. The van der Waals surface area contributed by atoms with Crippen LogP contribution >= 0.6 is 0 Å². The Morgan fingerprint density at radius 3 is 1.53 bits per heavy atom. The van der Waals surface area contributed by atoms with Gasteiger partial charge in [0.1, 0.15) is 0 Å². The average Bonchev–Trinajstić information content (AvgIpc) is 1.94. The summed E-state index contributed by atoms with van der Waals surface area (Å²) in [5.41, 5.74) is 0. The summed E-state index contributed by atoms with van der Waals surface area (Å²) in [5, 5.41) is -6.33. The second-order valence-electron chi connectivity index (χ2n) is 2.30. The van der Waals surface area contributed by atoms with Crippen LogP contribution in [-0.2, 0) is 29.7 Å². The van der Waals surface area contributed by atoms with Crippen LogP contribution < -0.4 is 0 Å². The SMILES string of the molecule is O=C(F)C(F)(C(F)(F)OS(=O)(=O)F)S(=O)(=O)F. The van der Waals surface area contributed by atoms with Crippen LogP contribution in [0, 0.1) is 0 Å². The van der Waals surface area contributed by atoms with E-state index in [1.165, 1.54) is 0 Å². The molecule has 0 aromatic rings. The molecule has 0 saturated heterocycles. The van der Waals surface area contributed by atoms with Crippen LogP contribution in [0.4, 0.5) is 25.3 Å². The molecule has 0 fully saturated rings. The van der Waals surface area contributed by atoms with Crippen molar-refractivity contribution in [3.63, 3.8) is 0 Å².